The van der Waals surface area contributed by atoms with E-state index < -0.39 is 0 Å². The molecule has 0 unspecified atom stereocenters. The molecule has 9 heteroatoms. The third-order valence-corrected chi connectivity index (χ3v) is 4.35. The average Bonchev–Trinajstić information content (AvgIpc) is 3.02. The molecule has 0 atom stereocenters. The number of hydrogen-bond acceptors (Lipinski definition) is 7. The quantitative estimate of drug-likeness (QED) is 0.675. The van der Waals surface area contributed by atoms with Crippen molar-refractivity contribution in [2.45, 2.75) is 5.16 Å². The second kappa shape index (κ2) is 7.75. The fraction of sp³-hybridized carbons (Fsp3) is 0.188. The molecule has 8 nitrogen and oxygen atoms in total. The van der Waals surface area contributed by atoms with E-state index in [0.29, 0.717) is 22.4 Å². The minimum absolute atomic E-state index is 0.126. The third-order valence-electron chi connectivity index (χ3n) is 3.33. The molecule has 3 rings (SSSR count). The molecule has 0 aliphatic heterocycles. The number of anilines is 1. The lowest BCUT2D eigenvalue weighted by Crippen LogP contribution is -2.14. The molecule has 0 radical (unpaired) electrons. The summed E-state index contributed by atoms with van der Waals surface area (Å²) in [6.07, 6.45) is 4.81. The summed E-state index contributed by atoms with van der Waals surface area (Å²) in [4.78, 5) is 20.3. The highest BCUT2D eigenvalue weighted by molar-refractivity contribution is 7.99. The van der Waals surface area contributed by atoms with E-state index in [2.05, 4.69) is 25.5 Å². The normalized spacial score (nSPS) is 10.5. The van der Waals surface area contributed by atoms with Crippen molar-refractivity contribution in [3.05, 3.63) is 42.9 Å². The molecule has 128 valence electrons. The molecule has 1 N–H and O–H groups in total. The van der Waals surface area contributed by atoms with Crippen LogP contribution >= 0.6 is 11.8 Å². The number of carbonyl (C=O) groups is 1. The summed E-state index contributed by atoms with van der Waals surface area (Å²) >= 11 is 1.30. The number of amides is 1. The topological polar surface area (TPSA) is 94.8 Å². The maximum atomic E-state index is 12.1. The third kappa shape index (κ3) is 4.13. The first-order valence-corrected chi connectivity index (χ1v) is 8.38. The molecule has 0 spiro atoms. The summed E-state index contributed by atoms with van der Waals surface area (Å²) < 4.78 is 6.87. The van der Waals surface area contributed by atoms with Crippen molar-refractivity contribution in [1.82, 2.24) is 24.7 Å². The van der Waals surface area contributed by atoms with Crippen LogP contribution in [0, 0.1) is 0 Å². The highest BCUT2D eigenvalue weighted by Crippen LogP contribution is 2.21. The molecule has 0 saturated carbocycles. The summed E-state index contributed by atoms with van der Waals surface area (Å²) in [5, 5.41) is 11.7. The maximum absolute atomic E-state index is 12.1. The van der Waals surface area contributed by atoms with Gasteiger partial charge in [0.05, 0.1) is 19.1 Å². The summed E-state index contributed by atoms with van der Waals surface area (Å²) in [6, 6.07) is 7.16. The average molecular weight is 356 g/mol. The van der Waals surface area contributed by atoms with Crippen molar-refractivity contribution in [2.75, 3.05) is 18.2 Å². The Morgan fingerprint density at radius 3 is 2.72 bits per heavy atom. The van der Waals surface area contributed by atoms with Gasteiger partial charge in [0.2, 0.25) is 5.91 Å². The predicted octanol–water partition coefficient (Wildman–Crippen LogP) is 2.01. The van der Waals surface area contributed by atoms with Gasteiger partial charge < -0.3 is 14.6 Å². The summed E-state index contributed by atoms with van der Waals surface area (Å²) in [5.74, 6) is 1.44. The number of nitrogens with one attached hydrogen (secondary N) is 1. The van der Waals surface area contributed by atoms with Crippen LogP contribution < -0.4 is 10.1 Å². The van der Waals surface area contributed by atoms with Crippen molar-refractivity contribution in [3.63, 3.8) is 0 Å². The van der Waals surface area contributed by atoms with Gasteiger partial charge in [-0.2, -0.15) is 0 Å². The summed E-state index contributed by atoms with van der Waals surface area (Å²) in [6.45, 7) is 0. The Bertz CT molecular complexity index is 851. The summed E-state index contributed by atoms with van der Waals surface area (Å²) in [5.41, 5.74) is 1.34. The summed E-state index contributed by atoms with van der Waals surface area (Å²) in [7, 11) is 3.42. The zero-order valence-corrected chi connectivity index (χ0v) is 14.5. The van der Waals surface area contributed by atoms with E-state index >= 15 is 0 Å². The van der Waals surface area contributed by atoms with Crippen LogP contribution in [0.15, 0.2) is 48.0 Å². The smallest absolute Gasteiger partial charge is 0.234 e. The van der Waals surface area contributed by atoms with Gasteiger partial charge in [-0.15, -0.1) is 10.2 Å². The molecule has 1 aromatic carbocycles. The van der Waals surface area contributed by atoms with Crippen molar-refractivity contribution < 1.29 is 9.53 Å². The number of hydrogen-bond donors (Lipinski definition) is 1. The predicted molar refractivity (Wildman–Crippen MR) is 94.4 cm³/mol. The van der Waals surface area contributed by atoms with Gasteiger partial charge >= 0.3 is 0 Å². The molecule has 0 aliphatic carbocycles. The first-order chi connectivity index (χ1) is 12.2. The minimum Gasteiger partial charge on any atom is -0.497 e. The lowest BCUT2D eigenvalue weighted by Gasteiger charge is -2.06. The van der Waals surface area contributed by atoms with Crippen LogP contribution in [0.1, 0.15) is 0 Å². The fourth-order valence-electron chi connectivity index (χ4n) is 2.08. The van der Waals surface area contributed by atoms with Crippen molar-refractivity contribution in [1.29, 1.82) is 0 Å². The maximum Gasteiger partial charge on any atom is 0.234 e. The van der Waals surface area contributed by atoms with Crippen molar-refractivity contribution in [2.24, 2.45) is 7.05 Å². The van der Waals surface area contributed by atoms with E-state index in [0.717, 1.165) is 5.75 Å². The van der Waals surface area contributed by atoms with E-state index in [1.54, 1.807) is 54.5 Å². The molecule has 25 heavy (non-hydrogen) atoms. The molecule has 0 bridgehead atoms. The van der Waals surface area contributed by atoms with E-state index in [1.807, 2.05) is 7.05 Å². The Balaban J connectivity index is 1.60. The number of aromatic nitrogens is 5. The monoisotopic (exact) mass is 356 g/mol. The Hall–Kier alpha value is -2.94. The number of nitrogens with zero attached hydrogens (tertiary/aromatic N) is 5. The van der Waals surface area contributed by atoms with Crippen LogP contribution in [0.2, 0.25) is 0 Å². The van der Waals surface area contributed by atoms with E-state index in [-0.39, 0.29) is 11.7 Å². The second-order valence-electron chi connectivity index (χ2n) is 5.02. The lowest BCUT2D eigenvalue weighted by molar-refractivity contribution is -0.113. The lowest BCUT2D eigenvalue weighted by atomic mass is 10.3. The minimum atomic E-state index is -0.126. The Kier molecular flexibility index (Phi) is 5.24. The van der Waals surface area contributed by atoms with Gasteiger partial charge in [0.25, 0.3) is 0 Å². The molecule has 0 saturated heterocycles. The van der Waals surface area contributed by atoms with Crippen LogP contribution in [0.25, 0.3) is 11.5 Å². The number of methoxy groups -OCH3 is 1. The number of benzene rings is 1. The SMILES string of the molecule is COc1ccc(NC(=O)CSc2nnc(-c3cnccn3)n2C)cc1. The van der Waals surface area contributed by atoms with Gasteiger partial charge in [-0.25, -0.2) is 4.98 Å². The van der Waals surface area contributed by atoms with Crippen LogP contribution in [0.4, 0.5) is 5.69 Å². The zero-order valence-electron chi connectivity index (χ0n) is 13.7. The van der Waals surface area contributed by atoms with E-state index in [4.69, 9.17) is 4.74 Å². The fourth-order valence-corrected chi connectivity index (χ4v) is 2.79. The van der Waals surface area contributed by atoms with E-state index in [9.17, 15) is 4.79 Å². The molecule has 2 aromatic heterocycles. The standard InChI is InChI=1S/C16H16N6O2S/c1-22-15(13-9-17-7-8-18-13)20-21-16(22)25-10-14(23)19-11-3-5-12(24-2)6-4-11/h3-9H,10H2,1-2H3,(H,19,23). The van der Waals surface area contributed by atoms with Crippen LogP contribution in [0.3, 0.4) is 0 Å². The van der Waals surface area contributed by atoms with Crippen molar-refractivity contribution >= 4 is 23.4 Å². The Labute approximate surface area is 148 Å². The molecule has 0 fully saturated rings. The second-order valence-corrected chi connectivity index (χ2v) is 5.96. The Morgan fingerprint density at radius 2 is 2.04 bits per heavy atom. The molecule has 2 heterocycles. The molecular weight excluding hydrogens is 340 g/mol. The van der Waals surface area contributed by atoms with Gasteiger partial charge in [0.15, 0.2) is 11.0 Å². The zero-order chi connectivity index (χ0) is 17.6. The highest BCUT2D eigenvalue weighted by Gasteiger charge is 2.14. The number of rotatable bonds is 6. The Morgan fingerprint density at radius 1 is 1.24 bits per heavy atom. The van der Waals surface area contributed by atoms with Crippen molar-refractivity contribution in [3.8, 4) is 17.3 Å². The number of carbonyl (C=O) groups excluding carboxylic acids is 1. The van der Waals surface area contributed by atoms with Crippen LogP contribution in [-0.4, -0.2) is 43.5 Å². The van der Waals surface area contributed by atoms with Gasteiger partial charge in [0.1, 0.15) is 11.4 Å². The first kappa shape index (κ1) is 16.9. The highest BCUT2D eigenvalue weighted by atomic mass is 32.2. The van der Waals surface area contributed by atoms with Gasteiger partial charge in [-0.1, -0.05) is 11.8 Å². The number of ether oxygens (including phenoxy) is 1. The van der Waals surface area contributed by atoms with E-state index in [1.165, 1.54) is 11.8 Å². The number of thioether (sulfide) groups is 1. The molecular formula is C16H16N6O2S. The van der Waals surface area contributed by atoms with Gasteiger partial charge in [-0.05, 0) is 24.3 Å². The largest absolute Gasteiger partial charge is 0.497 e. The molecule has 1 amide bonds. The van der Waals surface area contributed by atoms with Crippen LogP contribution in [0.5, 0.6) is 5.75 Å². The molecule has 0 aliphatic rings. The van der Waals surface area contributed by atoms with Gasteiger partial charge in [-0.3, -0.25) is 9.78 Å². The van der Waals surface area contributed by atoms with Gasteiger partial charge in [0, 0.05) is 25.1 Å². The molecule has 3 aromatic rings. The van der Waals surface area contributed by atoms with Crippen LogP contribution in [-0.2, 0) is 11.8 Å². The first-order valence-electron chi connectivity index (χ1n) is 7.40.